The molecular weight excluding hydrogens is 784 g/mol. The van der Waals surface area contributed by atoms with Crippen molar-refractivity contribution in [3.05, 3.63) is 217 Å². The van der Waals surface area contributed by atoms with Gasteiger partial charge in [0.05, 0.1) is 50.6 Å². The minimum atomic E-state index is -4.52. The molecule has 9 aromatic carbocycles. The van der Waals surface area contributed by atoms with Crippen LogP contribution in [0.2, 0.25) is 0 Å². The Kier molecular flexibility index (Phi) is 8.88. The summed E-state index contributed by atoms with van der Waals surface area (Å²) in [6.45, 7) is 1.69. The number of alkyl halides is 3. The molecule has 3 nitrogen and oxygen atoms in total. The van der Waals surface area contributed by atoms with Crippen LogP contribution in [0.3, 0.4) is 0 Å². The summed E-state index contributed by atoms with van der Waals surface area (Å²) in [7, 11) is 0. The number of aryl methyl sites for hydroxylation is 1. The van der Waals surface area contributed by atoms with Gasteiger partial charge in [-0.05, 0) is 125 Å². The van der Waals surface area contributed by atoms with E-state index >= 15 is 0 Å². The topological polar surface area (TPSA) is 33.6 Å². The van der Waals surface area contributed by atoms with Gasteiger partial charge in [-0.25, -0.2) is 0 Å². The maximum Gasteiger partial charge on any atom is 0.416 e. The molecule has 0 radical (unpaired) electrons. The van der Waals surface area contributed by atoms with Gasteiger partial charge in [-0.1, -0.05) is 121 Å². The Morgan fingerprint density at radius 3 is 1.40 bits per heavy atom. The predicted molar refractivity (Wildman–Crippen MR) is 251 cm³/mol. The highest BCUT2D eigenvalue weighted by molar-refractivity contribution is 6.13. The van der Waals surface area contributed by atoms with Crippen LogP contribution < -0.4 is 0 Å². The Labute approximate surface area is 361 Å². The molecule has 0 aliphatic rings. The van der Waals surface area contributed by atoms with E-state index in [0.29, 0.717) is 22.3 Å². The highest BCUT2D eigenvalue weighted by Crippen LogP contribution is 2.44. The Hall–Kier alpha value is -8.14. The van der Waals surface area contributed by atoms with Crippen molar-refractivity contribution >= 4 is 43.6 Å². The molecule has 0 amide bonds. The van der Waals surface area contributed by atoms with E-state index < -0.39 is 11.7 Å². The lowest BCUT2D eigenvalue weighted by Crippen LogP contribution is -2.05. The van der Waals surface area contributed by atoms with Gasteiger partial charge in [0.1, 0.15) is 0 Å². The van der Waals surface area contributed by atoms with Crippen molar-refractivity contribution in [2.45, 2.75) is 13.1 Å². The first-order chi connectivity index (χ1) is 30.7. The van der Waals surface area contributed by atoms with Crippen LogP contribution in [-0.2, 0) is 6.18 Å². The molecule has 0 atom stereocenters. The van der Waals surface area contributed by atoms with E-state index in [1.165, 1.54) is 12.1 Å². The Bertz CT molecular complexity index is 3630. The smallest absolute Gasteiger partial charge is 0.309 e. The van der Waals surface area contributed by atoms with E-state index in [9.17, 15) is 18.4 Å². The predicted octanol–water partition coefficient (Wildman–Crippen LogP) is 15.7. The fraction of sp³-hybridized carbons (Fsp3) is 0.0351. The van der Waals surface area contributed by atoms with Crippen molar-refractivity contribution in [1.29, 1.82) is 5.26 Å². The van der Waals surface area contributed by atoms with Crippen LogP contribution in [0, 0.1) is 18.3 Å². The summed E-state index contributed by atoms with van der Waals surface area (Å²) in [5.41, 5.74) is 12.9. The molecule has 11 aromatic rings. The Morgan fingerprint density at radius 1 is 0.397 bits per heavy atom. The number of nitriles is 1. The van der Waals surface area contributed by atoms with Crippen molar-refractivity contribution in [1.82, 2.24) is 9.13 Å². The van der Waals surface area contributed by atoms with Crippen molar-refractivity contribution < 1.29 is 13.2 Å². The van der Waals surface area contributed by atoms with E-state index in [1.807, 2.05) is 97.1 Å². The maximum absolute atomic E-state index is 14.3. The van der Waals surface area contributed by atoms with Gasteiger partial charge in [-0.2, -0.15) is 18.4 Å². The molecule has 0 unspecified atom stereocenters. The number of fused-ring (bicyclic) bond motifs is 6. The van der Waals surface area contributed by atoms with E-state index in [1.54, 1.807) is 13.0 Å². The summed E-state index contributed by atoms with van der Waals surface area (Å²) in [6, 6.07) is 68.5. The van der Waals surface area contributed by atoms with Crippen molar-refractivity contribution in [3.8, 4) is 62.0 Å². The number of rotatable bonds is 6. The highest BCUT2D eigenvalue weighted by Gasteiger charge is 2.31. The molecule has 11 rings (SSSR count). The maximum atomic E-state index is 14.3. The highest BCUT2D eigenvalue weighted by atomic mass is 19.4. The normalized spacial score (nSPS) is 11.8. The van der Waals surface area contributed by atoms with Crippen molar-refractivity contribution in [2.75, 3.05) is 0 Å². The quantitative estimate of drug-likeness (QED) is 0.165. The molecular formula is C57H36F3N3. The first-order valence-corrected chi connectivity index (χ1v) is 20.8. The van der Waals surface area contributed by atoms with Crippen LogP contribution in [0.4, 0.5) is 13.2 Å². The van der Waals surface area contributed by atoms with E-state index in [4.69, 9.17) is 0 Å². The second-order valence-electron chi connectivity index (χ2n) is 16.1. The summed E-state index contributed by atoms with van der Waals surface area (Å²) in [6.07, 6.45) is -4.52. The summed E-state index contributed by atoms with van der Waals surface area (Å²) < 4.78 is 47.5. The fourth-order valence-corrected chi connectivity index (χ4v) is 9.34. The molecule has 2 heterocycles. The number of aromatic nitrogens is 2. The second-order valence-corrected chi connectivity index (χ2v) is 16.1. The van der Waals surface area contributed by atoms with Gasteiger partial charge >= 0.3 is 6.18 Å². The molecule has 0 spiro atoms. The molecule has 0 aliphatic heterocycles. The summed E-state index contributed by atoms with van der Waals surface area (Å²) >= 11 is 0. The number of hydrogen-bond acceptors (Lipinski definition) is 1. The Morgan fingerprint density at radius 2 is 0.857 bits per heavy atom. The van der Waals surface area contributed by atoms with Crippen molar-refractivity contribution in [2.24, 2.45) is 0 Å². The minimum Gasteiger partial charge on any atom is -0.309 e. The summed E-state index contributed by atoms with van der Waals surface area (Å²) in [5.74, 6) is 0. The van der Waals surface area contributed by atoms with E-state index in [2.05, 4.69) is 100 Å². The average molecular weight is 820 g/mol. The number of hydrogen-bond donors (Lipinski definition) is 0. The lowest BCUT2D eigenvalue weighted by molar-refractivity contribution is -0.137. The summed E-state index contributed by atoms with van der Waals surface area (Å²) in [5, 5.41) is 14.8. The fourth-order valence-electron chi connectivity index (χ4n) is 9.34. The van der Waals surface area contributed by atoms with Gasteiger partial charge < -0.3 is 9.13 Å². The zero-order valence-electron chi connectivity index (χ0n) is 34.0. The second kappa shape index (κ2) is 14.8. The third-order valence-electron chi connectivity index (χ3n) is 12.2. The minimum absolute atomic E-state index is 0.452. The van der Waals surface area contributed by atoms with Gasteiger partial charge in [0.25, 0.3) is 0 Å². The molecule has 0 saturated carbocycles. The van der Waals surface area contributed by atoms with Crippen molar-refractivity contribution in [3.63, 3.8) is 0 Å². The first kappa shape index (κ1) is 37.8. The van der Waals surface area contributed by atoms with E-state index in [0.717, 1.165) is 88.4 Å². The number of halogens is 3. The number of benzene rings is 9. The lowest BCUT2D eigenvalue weighted by Gasteiger charge is -2.20. The largest absolute Gasteiger partial charge is 0.416 e. The van der Waals surface area contributed by atoms with E-state index in [-0.39, 0.29) is 0 Å². The molecule has 0 bridgehead atoms. The molecule has 0 aliphatic carbocycles. The van der Waals surface area contributed by atoms with Crippen LogP contribution in [0.15, 0.2) is 200 Å². The third kappa shape index (κ3) is 6.45. The van der Waals surface area contributed by atoms with Gasteiger partial charge in [0.15, 0.2) is 0 Å². The van der Waals surface area contributed by atoms with Crippen LogP contribution in [0.1, 0.15) is 16.7 Å². The van der Waals surface area contributed by atoms with Crippen LogP contribution >= 0.6 is 0 Å². The third-order valence-corrected chi connectivity index (χ3v) is 12.2. The SMILES string of the molecule is Cc1cc(-c2ccc(-n3c4ccccc4c4cc(-c5ccccc5)ccc43)c(-c3cc(C#N)ccc3-n3c4ccccc4c4cc(-c5ccccc5)ccc43)c2)cc(C(F)(F)F)c1. The van der Waals surface area contributed by atoms with Crippen LogP contribution in [0.25, 0.3) is 99.5 Å². The zero-order chi connectivity index (χ0) is 42.8. The number of para-hydroxylation sites is 2. The molecule has 0 fully saturated rings. The Balaban J connectivity index is 1.23. The monoisotopic (exact) mass is 819 g/mol. The van der Waals surface area contributed by atoms with Gasteiger partial charge in [-0.3, -0.25) is 0 Å². The molecule has 300 valence electrons. The van der Waals surface area contributed by atoms with Gasteiger partial charge in [0, 0.05) is 32.7 Å². The molecule has 2 aromatic heterocycles. The molecule has 6 heteroatoms. The van der Waals surface area contributed by atoms with Gasteiger partial charge in [-0.15, -0.1) is 0 Å². The van der Waals surface area contributed by atoms with Crippen LogP contribution in [-0.4, -0.2) is 9.13 Å². The van der Waals surface area contributed by atoms with Gasteiger partial charge in [0.2, 0.25) is 0 Å². The first-order valence-electron chi connectivity index (χ1n) is 20.8. The summed E-state index contributed by atoms with van der Waals surface area (Å²) in [4.78, 5) is 0. The lowest BCUT2D eigenvalue weighted by atomic mass is 9.93. The zero-order valence-corrected chi connectivity index (χ0v) is 34.0. The standard InChI is InChI=1S/C57H36F3N3/c1-36-28-43(31-44(29-36)57(58,59)60)42-23-27-56(63-52-19-11-9-17-46(52)49-33-41(22-26-55(49)63)39-14-6-3-7-15-39)50(34-42)47-30-37(35-61)20-24-53(47)62-51-18-10-8-16-45(51)48-32-40(21-25-54(48)62)38-12-4-2-5-13-38/h2-34H,1H3. The molecule has 0 saturated heterocycles. The molecule has 63 heavy (non-hydrogen) atoms. The molecule has 0 N–H and O–H groups in total. The average Bonchev–Trinajstić information content (AvgIpc) is 3.83. The van der Waals surface area contributed by atoms with Crippen LogP contribution in [0.5, 0.6) is 0 Å². The number of nitrogens with zero attached hydrogens (tertiary/aromatic N) is 3.